The first-order valence-corrected chi connectivity index (χ1v) is 7.04. The Balaban J connectivity index is 1.86. The fourth-order valence-electron chi connectivity index (χ4n) is 2.81. The van der Waals surface area contributed by atoms with Crippen LogP contribution in [0.1, 0.15) is 48.8 Å². The van der Waals surface area contributed by atoms with E-state index in [1.807, 2.05) is 0 Å². The molecular weight excluding hydrogens is 238 g/mol. The predicted octanol–water partition coefficient (Wildman–Crippen LogP) is 2.61. The van der Waals surface area contributed by atoms with E-state index in [9.17, 15) is 9.90 Å². The average molecular weight is 261 g/mol. The van der Waals surface area contributed by atoms with Crippen molar-refractivity contribution in [2.45, 2.75) is 58.1 Å². The van der Waals surface area contributed by atoms with Gasteiger partial charge in [-0.05, 0) is 37.8 Å². The molecule has 1 aliphatic rings. The summed E-state index contributed by atoms with van der Waals surface area (Å²) in [4.78, 5) is 11.9. The first-order valence-electron chi connectivity index (χ1n) is 7.04. The summed E-state index contributed by atoms with van der Waals surface area (Å²) >= 11 is 0. The van der Waals surface area contributed by atoms with E-state index in [-0.39, 0.29) is 12.3 Å². The van der Waals surface area contributed by atoms with E-state index in [0.29, 0.717) is 6.54 Å². The maximum Gasteiger partial charge on any atom is 0.223 e. The van der Waals surface area contributed by atoms with Crippen LogP contribution in [0.5, 0.6) is 0 Å². The zero-order valence-electron chi connectivity index (χ0n) is 11.8. The third-order valence-electron chi connectivity index (χ3n) is 4.00. The number of carbonyl (C=O) groups is 1. The topological polar surface area (TPSA) is 49.3 Å². The quantitative estimate of drug-likeness (QED) is 0.875. The molecule has 0 heterocycles. The Morgan fingerprint density at radius 2 is 2.00 bits per heavy atom. The van der Waals surface area contributed by atoms with E-state index in [4.69, 9.17) is 0 Å². The van der Waals surface area contributed by atoms with Crippen LogP contribution in [0.25, 0.3) is 0 Å². The number of aryl methyl sites for hydroxylation is 2. The lowest BCUT2D eigenvalue weighted by Crippen LogP contribution is -2.34. The molecule has 1 amide bonds. The molecule has 0 spiro atoms. The van der Waals surface area contributed by atoms with Crippen molar-refractivity contribution in [1.82, 2.24) is 5.32 Å². The van der Waals surface area contributed by atoms with Crippen LogP contribution in [0.4, 0.5) is 0 Å². The summed E-state index contributed by atoms with van der Waals surface area (Å²) in [5.41, 5.74) is 2.80. The van der Waals surface area contributed by atoms with Gasteiger partial charge in [-0.25, -0.2) is 0 Å². The molecule has 2 N–H and O–H groups in total. The van der Waals surface area contributed by atoms with Gasteiger partial charge in [0.1, 0.15) is 0 Å². The number of nitrogens with one attached hydrogen (secondary N) is 1. The van der Waals surface area contributed by atoms with Gasteiger partial charge >= 0.3 is 0 Å². The molecule has 1 aromatic rings. The summed E-state index contributed by atoms with van der Waals surface area (Å²) in [7, 11) is 0. The fraction of sp³-hybridized carbons (Fsp3) is 0.562. The molecule has 0 saturated heterocycles. The summed E-state index contributed by atoms with van der Waals surface area (Å²) in [5.74, 6) is -0.0515. The Morgan fingerprint density at radius 3 is 2.63 bits per heavy atom. The number of carbonyl (C=O) groups excluding carboxylic acids is 1. The summed E-state index contributed by atoms with van der Waals surface area (Å²) in [6.07, 6.45) is 3.80. The van der Waals surface area contributed by atoms with Gasteiger partial charge in [-0.15, -0.1) is 0 Å². The van der Waals surface area contributed by atoms with Gasteiger partial charge in [-0.3, -0.25) is 4.79 Å². The van der Waals surface area contributed by atoms with Crippen LogP contribution < -0.4 is 5.32 Å². The van der Waals surface area contributed by atoms with Crippen LogP contribution in [-0.4, -0.2) is 16.6 Å². The zero-order chi connectivity index (χ0) is 13.9. The zero-order valence-corrected chi connectivity index (χ0v) is 11.8. The normalized spacial score (nSPS) is 17.4. The van der Waals surface area contributed by atoms with Crippen molar-refractivity contribution < 1.29 is 9.90 Å². The highest BCUT2D eigenvalue weighted by Gasteiger charge is 2.33. The average Bonchev–Trinajstić information content (AvgIpc) is 2.74. The van der Waals surface area contributed by atoms with Crippen molar-refractivity contribution in [1.29, 1.82) is 0 Å². The summed E-state index contributed by atoms with van der Waals surface area (Å²) in [6, 6.07) is 6.22. The molecule has 2 rings (SSSR count). The molecule has 0 atom stereocenters. The van der Waals surface area contributed by atoms with E-state index in [1.54, 1.807) is 0 Å². The van der Waals surface area contributed by atoms with Crippen molar-refractivity contribution in [3.63, 3.8) is 0 Å². The lowest BCUT2D eigenvalue weighted by molar-refractivity contribution is -0.126. The Morgan fingerprint density at radius 1 is 1.32 bits per heavy atom. The molecule has 1 aromatic carbocycles. The van der Waals surface area contributed by atoms with E-state index in [1.165, 1.54) is 11.1 Å². The second-order valence-corrected chi connectivity index (χ2v) is 5.81. The monoisotopic (exact) mass is 261 g/mol. The smallest absolute Gasteiger partial charge is 0.223 e. The highest BCUT2D eigenvalue weighted by molar-refractivity contribution is 5.77. The van der Waals surface area contributed by atoms with Crippen molar-refractivity contribution in [3.05, 3.63) is 34.9 Å². The highest BCUT2D eigenvalue weighted by Crippen LogP contribution is 2.32. The molecule has 3 heteroatoms. The Kier molecular flexibility index (Phi) is 4.25. The minimum atomic E-state index is -0.758. The van der Waals surface area contributed by atoms with Crippen molar-refractivity contribution in [2.24, 2.45) is 0 Å². The van der Waals surface area contributed by atoms with E-state index < -0.39 is 5.60 Å². The molecular formula is C16H23NO2. The summed E-state index contributed by atoms with van der Waals surface area (Å²) in [6.45, 7) is 4.66. The summed E-state index contributed by atoms with van der Waals surface area (Å²) < 4.78 is 0. The van der Waals surface area contributed by atoms with E-state index >= 15 is 0 Å². The van der Waals surface area contributed by atoms with Crippen LogP contribution in [0, 0.1) is 13.8 Å². The SMILES string of the molecule is Cc1ccc(CNC(=O)CC2(O)CCCC2)c(C)c1. The standard InChI is InChI=1S/C16H23NO2/c1-12-5-6-14(13(2)9-12)11-17-15(18)10-16(19)7-3-4-8-16/h5-6,9,19H,3-4,7-8,10-11H2,1-2H3,(H,17,18). The first kappa shape index (κ1) is 14.1. The van der Waals surface area contributed by atoms with Gasteiger partial charge in [0.25, 0.3) is 0 Å². The maximum atomic E-state index is 11.9. The first-order chi connectivity index (χ1) is 8.98. The number of benzene rings is 1. The largest absolute Gasteiger partial charge is 0.389 e. The Bertz CT molecular complexity index is 462. The molecule has 104 valence electrons. The van der Waals surface area contributed by atoms with Crippen LogP contribution in [0.2, 0.25) is 0 Å². The number of rotatable bonds is 4. The fourth-order valence-corrected chi connectivity index (χ4v) is 2.81. The molecule has 0 aliphatic heterocycles. The summed E-state index contributed by atoms with van der Waals surface area (Å²) in [5, 5.41) is 13.1. The van der Waals surface area contributed by atoms with Gasteiger partial charge in [0.2, 0.25) is 5.91 Å². The molecule has 0 radical (unpaired) electrons. The number of hydrogen-bond acceptors (Lipinski definition) is 2. The van der Waals surface area contributed by atoms with Crippen molar-refractivity contribution in [2.75, 3.05) is 0 Å². The Labute approximate surface area is 115 Å². The number of aliphatic hydroxyl groups is 1. The van der Waals surface area contributed by atoms with Crippen molar-refractivity contribution in [3.8, 4) is 0 Å². The minimum Gasteiger partial charge on any atom is -0.389 e. The second-order valence-electron chi connectivity index (χ2n) is 5.81. The Hall–Kier alpha value is -1.35. The van der Waals surface area contributed by atoms with Crippen LogP contribution in [0.3, 0.4) is 0 Å². The van der Waals surface area contributed by atoms with E-state index in [0.717, 1.165) is 31.2 Å². The number of amides is 1. The highest BCUT2D eigenvalue weighted by atomic mass is 16.3. The van der Waals surface area contributed by atoms with E-state index in [2.05, 4.69) is 37.4 Å². The second kappa shape index (κ2) is 5.74. The van der Waals surface area contributed by atoms with Crippen molar-refractivity contribution >= 4 is 5.91 Å². The van der Waals surface area contributed by atoms with Gasteiger partial charge in [0.05, 0.1) is 12.0 Å². The lowest BCUT2D eigenvalue weighted by Gasteiger charge is -2.21. The number of hydrogen-bond donors (Lipinski definition) is 2. The van der Waals surface area contributed by atoms with Gasteiger partial charge in [-0.2, -0.15) is 0 Å². The molecule has 0 unspecified atom stereocenters. The lowest BCUT2D eigenvalue weighted by atomic mass is 9.97. The van der Waals surface area contributed by atoms with Gasteiger partial charge in [0.15, 0.2) is 0 Å². The molecule has 3 nitrogen and oxygen atoms in total. The van der Waals surface area contributed by atoms with Gasteiger partial charge in [-0.1, -0.05) is 36.6 Å². The molecule has 0 bridgehead atoms. The van der Waals surface area contributed by atoms with Crippen LogP contribution in [0.15, 0.2) is 18.2 Å². The molecule has 1 aliphatic carbocycles. The predicted molar refractivity (Wildman–Crippen MR) is 75.8 cm³/mol. The van der Waals surface area contributed by atoms with Crippen LogP contribution >= 0.6 is 0 Å². The maximum absolute atomic E-state index is 11.9. The molecule has 1 fully saturated rings. The molecule has 1 saturated carbocycles. The molecule has 19 heavy (non-hydrogen) atoms. The third-order valence-corrected chi connectivity index (χ3v) is 4.00. The van der Waals surface area contributed by atoms with Gasteiger partial charge in [0, 0.05) is 6.54 Å². The van der Waals surface area contributed by atoms with Crippen LogP contribution in [-0.2, 0) is 11.3 Å². The molecule has 0 aromatic heterocycles. The third kappa shape index (κ3) is 3.80. The van der Waals surface area contributed by atoms with Gasteiger partial charge < -0.3 is 10.4 Å². The minimum absolute atomic E-state index is 0.0515.